The van der Waals surface area contributed by atoms with Gasteiger partial charge in [0.25, 0.3) is 0 Å². The van der Waals surface area contributed by atoms with Crippen LogP contribution in [0.3, 0.4) is 0 Å². The van der Waals surface area contributed by atoms with E-state index in [1.165, 1.54) is 54.1 Å². The Balaban J connectivity index is 1.98. The van der Waals surface area contributed by atoms with Gasteiger partial charge in [0.05, 0.1) is 11.0 Å². The molecule has 0 bridgehead atoms. The second-order valence-electron chi connectivity index (χ2n) is 7.64. The fraction of sp³-hybridized carbons (Fsp3) is 0. The van der Waals surface area contributed by atoms with Crippen LogP contribution in [0.1, 0.15) is 0 Å². The molecule has 2 nitrogen and oxygen atoms in total. The summed E-state index contributed by atoms with van der Waals surface area (Å²) < 4.78 is 2.33. The van der Waals surface area contributed by atoms with Crippen LogP contribution in [0.4, 0.5) is 0 Å². The van der Waals surface area contributed by atoms with Crippen LogP contribution in [0.15, 0.2) is 97.2 Å². The average Bonchev–Trinajstić information content (AvgIpc) is 3.18. The molecule has 4 aromatic carbocycles. The van der Waals surface area contributed by atoms with Crippen LogP contribution < -0.4 is 0 Å². The van der Waals surface area contributed by atoms with Crippen molar-refractivity contribution >= 4 is 59.8 Å². The Morgan fingerprint density at radius 1 is 0.517 bits per heavy atom. The van der Waals surface area contributed by atoms with Gasteiger partial charge in [0, 0.05) is 27.7 Å². The number of benzene rings is 4. The summed E-state index contributed by atoms with van der Waals surface area (Å²) in [6.07, 6.45) is 1.89. The molecule has 0 radical (unpaired) electrons. The first-order valence-electron chi connectivity index (χ1n) is 9.92. The number of hydrogen-bond donors (Lipinski definition) is 0. The SMILES string of the molecule is c1ccc2c(c1)cc1c3c4ccccc4c4ccccc4c3c3cccnc3n21. The van der Waals surface area contributed by atoms with Gasteiger partial charge in [0.2, 0.25) is 0 Å². The Morgan fingerprint density at radius 2 is 1.14 bits per heavy atom. The van der Waals surface area contributed by atoms with E-state index in [4.69, 9.17) is 4.98 Å². The molecule has 0 aliphatic carbocycles. The Morgan fingerprint density at radius 3 is 1.93 bits per heavy atom. The second-order valence-corrected chi connectivity index (χ2v) is 7.64. The van der Waals surface area contributed by atoms with E-state index in [1.807, 2.05) is 12.3 Å². The van der Waals surface area contributed by atoms with E-state index in [-0.39, 0.29) is 0 Å². The Hall–Kier alpha value is -3.91. The molecule has 0 amide bonds. The van der Waals surface area contributed by atoms with Crippen LogP contribution in [0.25, 0.3) is 59.8 Å². The van der Waals surface area contributed by atoms with Crippen molar-refractivity contribution < 1.29 is 0 Å². The van der Waals surface area contributed by atoms with Crippen molar-refractivity contribution in [3.8, 4) is 0 Å². The van der Waals surface area contributed by atoms with Gasteiger partial charge in [-0.1, -0.05) is 66.7 Å². The molecule has 2 heteroatoms. The molecule has 0 N–H and O–H groups in total. The largest absolute Gasteiger partial charge is 0.293 e. The van der Waals surface area contributed by atoms with E-state index in [1.54, 1.807) is 0 Å². The minimum Gasteiger partial charge on any atom is -0.293 e. The molecule has 0 saturated heterocycles. The summed E-state index contributed by atoms with van der Waals surface area (Å²) >= 11 is 0. The number of pyridine rings is 2. The lowest BCUT2D eigenvalue weighted by molar-refractivity contribution is 1.25. The highest BCUT2D eigenvalue weighted by Crippen LogP contribution is 2.42. The summed E-state index contributed by atoms with van der Waals surface area (Å²) in [7, 11) is 0. The normalized spacial score (nSPS) is 12.1. The highest BCUT2D eigenvalue weighted by molar-refractivity contribution is 6.35. The van der Waals surface area contributed by atoms with Crippen LogP contribution in [-0.2, 0) is 0 Å². The molecule has 0 fully saturated rings. The maximum absolute atomic E-state index is 4.83. The summed E-state index contributed by atoms with van der Waals surface area (Å²) in [5.74, 6) is 0. The number of hydrogen-bond acceptors (Lipinski definition) is 1. The van der Waals surface area contributed by atoms with Crippen molar-refractivity contribution in [1.82, 2.24) is 9.38 Å². The third-order valence-electron chi connectivity index (χ3n) is 6.17. The Labute approximate surface area is 166 Å². The fourth-order valence-electron chi connectivity index (χ4n) is 5.02. The fourth-order valence-corrected chi connectivity index (χ4v) is 5.02. The Kier molecular flexibility index (Phi) is 2.77. The molecule has 134 valence electrons. The van der Waals surface area contributed by atoms with E-state index in [2.05, 4.69) is 89.3 Å². The third-order valence-corrected chi connectivity index (χ3v) is 6.17. The van der Waals surface area contributed by atoms with Crippen LogP contribution in [0.5, 0.6) is 0 Å². The van der Waals surface area contributed by atoms with Gasteiger partial charge in [-0.2, -0.15) is 0 Å². The highest BCUT2D eigenvalue weighted by Gasteiger charge is 2.17. The Bertz CT molecular complexity index is 1760. The van der Waals surface area contributed by atoms with E-state index in [0.717, 1.165) is 5.65 Å². The summed E-state index contributed by atoms with van der Waals surface area (Å²) in [6.45, 7) is 0. The van der Waals surface area contributed by atoms with E-state index < -0.39 is 0 Å². The molecule has 0 unspecified atom stereocenters. The first-order valence-corrected chi connectivity index (χ1v) is 9.92. The minimum atomic E-state index is 1.01. The predicted molar refractivity (Wildman–Crippen MR) is 123 cm³/mol. The van der Waals surface area contributed by atoms with Gasteiger partial charge >= 0.3 is 0 Å². The van der Waals surface area contributed by atoms with Crippen molar-refractivity contribution in [3.63, 3.8) is 0 Å². The van der Waals surface area contributed by atoms with Gasteiger partial charge in [-0.05, 0) is 45.8 Å². The molecule has 7 aromatic rings. The van der Waals surface area contributed by atoms with Gasteiger partial charge in [-0.15, -0.1) is 0 Å². The number of nitrogens with zero attached hydrogens (tertiary/aromatic N) is 2. The lowest BCUT2D eigenvalue weighted by Gasteiger charge is -2.15. The summed E-state index contributed by atoms with van der Waals surface area (Å²) in [6, 6.07) is 32.7. The molecule has 0 spiro atoms. The predicted octanol–water partition coefficient (Wildman–Crippen LogP) is 7.10. The number of para-hydroxylation sites is 1. The van der Waals surface area contributed by atoms with Crippen LogP contribution in [-0.4, -0.2) is 9.38 Å². The first-order chi connectivity index (χ1) is 14.4. The zero-order chi connectivity index (χ0) is 18.9. The van der Waals surface area contributed by atoms with E-state index in [0.29, 0.717) is 0 Å². The van der Waals surface area contributed by atoms with Gasteiger partial charge in [-0.25, -0.2) is 4.98 Å². The van der Waals surface area contributed by atoms with Crippen molar-refractivity contribution in [1.29, 1.82) is 0 Å². The zero-order valence-corrected chi connectivity index (χ0v) is 15.6. The number of rotatable bonds is 0. The monoisotopic (exact) mass is 368 g/mol. The van der Waals surface area contributed by atoms with Crippen molar-refractivity contribution in [2.45, 2.75) is 0 Å². The third kappa shape index (κ3) is 1.83. The van der Waals surface area contributed by atoms with Crippen molar-refractivity contribution in [2.75, 3.05) is 0 Å². The van der Waals surface area contributed by atoms with Crippen LogP contribution in [0.2, 0.25) is 0 Å². The molecule has 3 aromatic heterocycles. The van der Waals surface area contributed by atoms with Gasteiger partial charge in [-0.3, -0.25) is 4.40 Å². The molecule has 3 heterocycles. The first kappa shape index (κ1) is 15.1. The van der Waals surface area contributed by atoms with Gasteiger partial charge in [0.15, 0.2) is 0 Å². The number of fused-ring (bicyclic) bond motifs is 13. The maximum Gasteiger partial charge on any atom is 0.145 e. The van der Waals surface area contributed by atoms with Crippen LogP contribution in [0, 0.1) is 0 Å². The molecular formula is C27H16N2. The summed E-state index contributed by atoms with van der Waals surface area (Å²) in [4.78, 5) is 4.83. The molecule has 0 aliphatic heterocycles. The average molecular weight is 368 g/mol. The number of aromatic nitrogens is 2. The molecule has 29 heavy (non-hydrogen) atoms. The lowest BCUT2D eigenvalue weighted by atomic mass is 9.93. The highest BCUT2D eigenvalue weighted by atomic mass is 15.0. The standard InChI is InChI=1S/C27H16N2/c1-6-14-23-17(8-1)16-24-26-21-12-5-3-10-19(21)18-9-2-4-11-20(18)25(26)22-13-7-15-28-27(22)29(23)24/h1-16H. The molecule has 7 rings (SSSR count). The van der Waals surface area contributed by atoms with Crippen molar-refractivity contribution in [3.05, 3.63) is 97.2 Å². The lowest BCUT2D eigenvalue weighted by Crippen LogP contribution is -1.95. The molecule has 0 aliphatic rings. The minimum absolute atomic E-state index is 1.01. The topological polar surface area (TPSA) is 17.3 Å². The molecule has 0 atom stereocenters. The van der Waals surface area contributed by atoms with Gasteiger partial charge in [0.1, 0.15) is 5.65 Å². The smallest absolute Gasteiger partial charge is 0.145 e. The van der Waals surface area contributed by atoms with E-state index >= 15 is 0 Å². The maximum atomic E-state index is 4.83. The van der Waals surface area contributed by atoms with Crippen molar-refractivity contribution in [2.24, 2.45) is 0 Å². The quantitative estimate of drug-likeness (QED) is 0.261. The van der Waals surface area contributed by atoms with E-state index in [9.17, 15) is 0 Å². The zero-order valence-electron chi connectivity index (χ0n) is 15.6. The van der Waals surface area contributed by atoms with Crippen LogP contribution >= 0.6 is 0 Å². The second kappa shape index (κ2) is 5.33. The molecular weight excluding hydrogens is 352 g/mol. The molecule has 0 saturated carbocycles. The summed E-state index contributed by atoms with van der Waals surface area (Å²) in [5.41, 5.74) is 3.43. The van der Waals surface area contributed by atoms with Gasteiger partial charge < -0.3 is 0 Å². The summed E-state index contributed by atoms with van der Waals surface area (Å²) in [5, 5.41) is 10.2.